The maximum Gasteiger partial charge on any atom is 0.123 e. The second kappa shape index (κ2) is 5.13. The van der Waals surface area contributed by atoms with Gasteiger partial charge < -0.3 is 15.2 Å². The van der Waals surface area contributed by atoms with Crippen LogP contribution in [0.3, 0.4) is 0 Å². The highest BCUT2D eigenvalue weighted by molar-refractivity contribution is 5.48. The summed E-state index contributed by atoms with van der Waals surface area (Å²) < 4.78 is 11.3. The Balaban J connectivity index is 1.99. The van der Waals surface area contributed by atoms with E-state index in [1.54, 1.807) is 0 Å². The van der Waals surface area contributed by atoms with Crippen LogP contribution in [0.2, 0.25) is 0 Å². The number of hydrogen-bond acceptors (Lipinski definition) is 3. The lowest BCUT2D eigenvalue weighted by atomic mass is 9.99. The van der Waals surface area contributed by atoms with Crippen LogP contribution in [0.4, 0.5) is 5.69 Å². The normalized spacial score (nSPS) is 18.1. The van der Waals surface area contributed by atoms with E-state index in [-0.39, 0.29) is 6.10 Å². The van der Waals surface area contributed by atoms with Crippen molar-refractivity contribution >= 4 is 5.69 Å². The molecule has 3 heteroatoms. The van der Waals surface area contributed by atoms with Crippen LogP contribution < -0.4 is 10.5 Å². The summed E-state index contributed by atoms with van der Waals surface area (Å²) in [6.45, 7) is 6.52. The predicted molar refractivity (Wildman–Crippen MR) is 69.0 cm³/mol. The molecule has 92 valence electrons. The molecule has 1 atom stereocenters. The van der Waals surface area contributed by atoms with Gasteiger partial charge in [0.05, 0.1) is 12.4 Å². The Morgan fingerprint density at radius 1 is 1.59 bits per heavy atom. The number of anilines is 1. The quantitative estimate of drug-likeness (QED) is 0.642. The van der Waals surface area contributed by atoms with E-state index in [2.05, 4.69) is 6.58 Å². The summed E-state index contributed by atoms with van der Waals surface area (Å²) in [5.41, 5.74) is 7.74. The maximum atomic E-state index is 5.91. The zero-order valence-electron chi connectivity index (χ0n) is 10.2. The molecule has 0 bridgehead atoms. The highest BCUT2D eigenvalue weighted by Crippen LogP contribution is 2.31. The molecule has 2 rings (SSSR count). The van der Waals surface area contributed by atoms with Crippen molar-refractivity contribution in [2.75, 3.05) is 12.3 Å². The Bertz CT molecular complexity index is 415. The molecule has 0 radical (unpaired) electrons. The van der Waals surface area contributed by atoms with Crippen LogP contribution in [0.25, 0.3) is 0 Å². The van der Waals surface area contributed by atoms with Crippen molar-refractivity contribution in [1.29, 1.82) is 0 Å². The van der Waals surface area contributed by atoms with Crippen molar-refractivity contribution < 1.29 is 9.47 Å². The topological polar surface area (TPSA) is 44.5 Å². The van der Waals surface area contributed by atoms with Gasteiger partial charge >= 0.3 is 0 Å². The molecule has 3 nitrogen and oxygen atoms in total. The highest BCUT2D eigenvalue weighted by Gasteiger charge is 2.20. The molecule has 0 fully saturated rings. The van der Waals surface area contributed by atoms with Crippen LogP contribution >= 0.6 is 0 Å². The molecule has 17 heavy (non-hydrogen) atoms. The van der Waals surface area contributed by atoms with Crippen LogP contribution in [-0.2, 0) is 11.2 Å². The fourth-order valence-corrected chi connectivity index (χ4v) is 2.13. The Morgan fingerprint density at radius 3 is 3.18 bits per heavy atom. The standard InChI is InChI=1S/C14H19NO2/c1-3-16-10(2)8-13-6-4-11-9-12(15)5-7-14(11)17-13/h5,7,9,13H,2-4,6,8,15H2,1H3. The predicted octanol–water partition coefficient (Wildman–Crippen LogP) is 2.90. The summed E-state index contributed by atoms with van der Waals surface area (Å²) in [7, 11) is 0. The van der Waals surface area contributed by atoms with Gasteiger partial charge in [-0.15, -0.1) is 0 Å². The van der Waals surface area contributed by atoms with Crippen molar-refractivity contribution in [3.8, 4) is 5.75 Å². The Labute approximate surface area is 102 Å². The summed E-state index contributed by atoms with van der Waals surface area (Å²) in [4.78, 5) is 0. The van der Waals surface area contributed by atoms with E-state index in [0.29, 0.717) is 6.61 Å². The van der Waals surface area contributed by atoms with Crippen molar-refractivity contribution in [2.45, 2.75) is 32.3 Å². The number of ether oxygens (including phenoxy) is 2. The molecule has 1 aliphatic heterocycles. The number of hydrogen-bond donors (Lipinski definition) is 1. The van der Waals surface area contributed by atoms with Crippen LogP contribution in [0.5, 0.6) is 5.75 Å². The summed E-state index contributed by atoms with van der Waals surface area (Å²) in [5.74, 6) is 1.75. The fourth-order valence-electron chi connectivity index (χ4n) is 2.13. The van der Waals surface area contributed by atoms with Crippen LogP contribution in [0.1, 0.15) is 25.3 Å². The van der Waals surface area contributed by atoms with Crippen LogP contribution in [0.15, 0.2) is 30.5 Å². The number of nitrogens with two attached hydrogens (primary N) is 1. The zero-order valence-corrected chi connectivity index (χ0v) is 10.2. The molecule has 0 saturated carbocycles. The van der Waals surface area contributed by atoms with Gasteiger partial charge in [-0.2, -0.15) is 0 Å². The fraction of sp³-hybridized carbons (Fsp3) is 0.429. The van der Waals surface area contributed by atoms with Gasteiger partial charge in [-0.05, 0) is 43.5 Å². The van der Waals surface area contributed by atoms with Gasteiger partial charge in [0.1, 0.15) is 11.9 Å². The van der Waals surface area contributed by atoms with Crippen molar-refractivity contribution in [2.24, 2.45) is 0 Å². The third-order valence-electron chi connectivity index (χ3n) is 2.92. The van der Waals surface area contributed by atoms with Gasteiger partial charge in [-0.25, -0.2) is 0 Å². The molecule has 0 spiro atoms. The van der Waals surface area contributed by atoms with Gasteiger partial charge in [0.15, 0.2) is 0 Å². The minimum Gasteiger partial charge on any atom is -0.499 e. The highest BCUT2D eigenvalue weighted by atomic mass is 16.5. The molecule has 0 amide bonds. The second-order valence-corrected chi connectivity index (χ2v) is 4.32. The third kappa shape index (κ3) is 2.93. The minimum atomic E-state index is 0.171. The van der Waals surface area contributed by atoms with Gasteiger partial charge in [0.25, 0.3) is 0 Å². The number of rotatable bonds is 4. The average Bonchev–Trinajstić information content (AvgIpc) is 2.29. The molecule has 0 aliphatic carbocycles. The van der Waals surface area contributed by atoms with Gasteiger partial charge in [-0.3, -0.25) is 0 Å². The summed E-state index contributed by atoms with van der Waals surface area (Å²) in [5, 5.41) is 0. The minimum absolute atomic E-state index is 0.171. The Morgan fingerprint density at radius 2 is 2.41 bits per heavy atom. The first kappa shape index (κ1) is 11.8. The van der Waals surface area contributed by atoms with E-state index in [1.165, 1.54) is 5.56 Å². The number of nitrogen functional groups attached to an aromatic ring is 1. The van der Waals surface area contributed by atoms with E-state index in [1.807, 2.05) is 25.1 Å². The van der Waals surface area contributed by atoms with Gasteiger partial charge in [0, 0.05) is 12.1 Å². The van der Waals surface area contributed by atoms with E-state index < -0.39 is 0 Å². The Kier molecular flexibility index (Phi) is 3.57. The number of fused-ring (bicyclic) bond motifs is 1. The monoisotopic (exact) mass is 233 g/mol. The lowest BCUT2D eigenvalue weighted by Gasteiger charge is -2.26. The first-order chi connectivity index (χ1) is 8.19. The van der Waals surface area contributed by atoms with E-state index in [9.17, 15) is 0 Å². The molecule has 1 unspecified atom stereocenters. The number of benzene rings is 1. The zero-order chi connectivity index (χ0) is 12.3. The van der Waals surface area contributed by atoms with E-state index in [4.69, 9.17) is 15.2 Å². The molecular weight excluding hydrogens is 214 g/mol. The van der Waals surface area contributed by atoms with Crippen LogP contribution in [-0.4, -0.2) is 12.7 Å². The summed E-state index contributed by atoms with van der Waals surface area (Å²) >= 11 is 0. The SMILES string of the molecule is C=C(CC1CCc2cc(N)ccc2O1)OCC. The van der Waals surface area contributed by atoms with Crippen molar-refractivity contribution in [1.82, 2.24) is 0 Å². The first-order valence-corrected chi connectivity index (χ1v) is 6.04. The summed E-state index contributed by atoms with van der Waals surface area (Å²) in [6, 6.07) is 5.81. The molecule has 0 saturated heterocycles. The van der Waals surface area contributed by atoms with Crippen LogP contribution in [0, 0.1) is 0 Å². The average molecular weight is 233 g/mol. The lowest BCUT2D eigenvalue weighted by molar-refractivity contribution is 0.136. The van der Waals surface area contributed by atoms with Gasteiger partial charge in [-0.1, -0.05) is 6.58 Å². The largest absolute Gasteiger partial charge is 0.499 e. The molecular formula is C14H19NO2. The van der Waals surface area contributed by atoms with E-state index >= 15 is 0 Å². The number of aryl methyl sites for hydroxylation is 1. The third-order valence-corrected chi connectivity index (χ3v) is 2.92. The first-order valence-electron chi connectivity index (χ1n) is 6.04. The second-order valence-electron chi connectivity index (χ2n) is 4.32. The molecule has 2 N–H and O–H groups in total. The molecule has 1 heterocycles. The Hall–Kier alpha value is -1.64. The summed E-state index contributed by atoms with van der Waals surface area (Å²) in [6.07, 6.45) is 2.93. The van der Waals surface area contributed by atoms with Crippen molar-refractivity contribution in [3.63, 3.8) is 0 Å². The smallest absolute Gasteiger partial charge is 0.123 e. The van der Waals surface area contributed by atoms with E-state index in [0.717, 1.165) is 36.5 Å². The van der Waals surface area contributed by atoms with Gasteiger partial charge in [0.2, 0.25) is 0 Å². The lowest BCUT2D eigenvalue weighted by Crippen LogP contribution is -2.23. The molecule has 1 aromatic carbocycles. The molecule has 0 aromatic heterocycles. The van der Waals surface area contributed by atoms with Crippen molar-refractivity contribution in [3.05, 3.63) is 36.1 Å². The maximum absolute atomic E-state index is 5.91. The molecule has 1 aliphatic rings. The molecule has 1 aromatic rings.